The van der Waals surface area contributed by atoms with Crippen LogP contribution in [0.3, 0.4) is 0 Å². The molecule has 5 heteroatoms. The van der Waals surface area contributed by atoms with Crippen molar-refractivity contribution in [2.24, 2.45) is 0 Å². The highest BCUT2D eigenvalue weighted by Gasteiger charge is 2.39. The quantitative estimate of drug-likeness (QED) is 0.842. The number of hydrogen-bond acceptors (Lipinski definition) is 4. The van der Waals surface area contributed by atoms with Gasteiger partial charge in [0.15, 0.2) is 5.78 Å². The molecule has 0 aromatic heterocycles. The van der Waals surface area contributed by atoms with Gasteiger partial charge in [-0.25, -0.2) is 0 Å². The van der Waals surface area contributed by atoms with E-state index in [-0.39, 0.29) is 17.4 Å². The monoisotopic (exact) mass is 366 g/mol. The highest BCUT2D eigenvalue weighted by molar-refractivity contribution is 6.05. The van der Waals surface area contributed by atoms with Gasteiger partial charge in [0.05, 0.1) is 0 Å². The Morgan fingerprint density at radius 3 is 2.67 bits per heavy atom. The molecule has 3 aliphatic rings. The number of nitrogens with zero attached hydrogens (tertiary/aromatic N) is 1. The number of aromatic hydroxyl groups is 1. The molecule has 1 aromatic carbocycles. The van der Waals surface area contributed by atoms with Gasteiger partial charge < -0.3 is 15.3 Å². The predicted octanol–water partition coefficient (Wildman–Crippen LogP) is 3.37. The summed E-state index contributed by atoms with van der Waals surface area (Å²) < 4.78 is 0. The van der Waals surface area contributed by atoms with E-state index in [0.717, 1.165) is 62.2 Å². The van der Waals surface area contributed by atoms with E-state index in [1.165, 1.54) is 0 Å². The van der Waals surface area contributed by atoms with Gasteiger partial charge in [-0.2, -0.15) is 0 Å². The molecule has 1 aliphatic carbocycles. The Balaban J connectivity index is 1.82. The molecule has 1 aromatic rings. The van der Waals surface area contributed by atoms with Crippen molar-refractivity contribution >= 4 is 11.7 Å². The normalized spacial score (nSPS) is 23.2. The summed E-state index contributed by atoms with van der Waals surface area (Å²) in [6, 6.07) is 6.97. The fourth-order valence-corrected chi connectivity index (χ4v) is 4.57. The molecule has 0 spiro atoms. The molecule has 2 heterocycles. The van der Waals surface area contributed by atoms with E-state index in [9.17, 15) is 14.7 Å². The molecule has 4 rings (SSSR count). The van der Waals surface area contributed by atoms with Gasteiger partial charge in [0.25, 0.3) is 5.91 Å². The summed E-state index contributed by atoms with van der Waals surface area (Å²) in [5.41, 5.74) is 3.92. The Kier molecular flexibility index (Phi) is 4.77. The number of allylic oxidation sites excluding steroid dienone is 3. The minimum absolute atomic E-state index is 0.0120. The zero-order valence-electron chi connectivity index (χ0n) is 15.8. The van der Waals surface area contributed by atoms with Gasteiger partial charge in [-0.1, -0.05) is 12.1 Å². The van der Waals surface area contributed by atoms with Crippen LogP contribution >= 0.6 is 0 Å². The summed E-state index contributed by atoms with van der Waals surface area (Å²) in [5, 5.41) is 13.4. The van der Waals surface area contributed by atoms with Crippen LogP contribution in [0.2, 0.25) is 0 Å². The van der Waals surface area contributed by atoms with Gasteiger partial charge in [-0.05, 0) is 56.7 Å². The fraction of sp³-hybridized carbons (Fsp3) is 0.455. The second-order valence-corrected chi connectivity index (χ2v) is 7.71. The van der Waals surface area contributed by atoms with Crippen molar-refractivity contribution in [1.29, 1.82) is 0 Å². The smallest absolute Gasteiger partial charge is 0.252 e. The average Bonchev–Trinajstić information content (AvgIpc) is 2.67. The van der Waals surface area contributed by atoms with Gasteiger partial charge in [0.2, 0.25) is 0 Å². The van der Waals surface area contributed by atoms with Gasteiger partial charge in [-0.15, -0.1) is 0 Å². The van der Waals surface area contributed by atoms with Crippen molar-refractivity contribution in [3.05, 3.63) is 52.4 Å². The summed E-state index contributed by atoms with van der Waals surface area (Å²) >= 11 is 0. The molecule has 0 bridgehead atoms. The van der Waals surface area contributed by atoms with Gasteiger partial charge in [0.1, 0.15) is 5.75 Å². The van der Waals surface area contributed by atoms with Crippen LogP contribution in [0.1, 0.15) is 56.9 Å². The van der Waals surface area contributed by atoms with Crippen LogP contribution in [0.4, 0.5) is 0 Å². The number of amides is 1. The van der Waals surface area contributed by atoms with Crippen LogP contribution in [0.15, 0.2) is 46.8 Å². The Labute approximate surface area is 159 Å². The molecule has 2 aliphatic heterocycles. The number of piperidine rings is 1. The van der Waals surface area contributed by atoms with E-state index in [4.69, 9.17) is 0 Å². The third-order valence-corrected chi connectivity index (χ3v) is 5.85. The number of nitrogens with one attached hydrogen (secondary N) is 1. The lowest BCUT2D eigenvalue weighted by molar-refractivity contribution is -0.128. The molecule has 0 radical (unpaired) electrons. The SMILES string of the molecule is CC1=C(C(=O)N2CCCCC2)C(c2cccc(O)c2)C2=C(CCCC2=O)N1. The predicted molar refractivity (Wildman–Crippen MR) is 103 cm³/mol. The molecule has 1 fully saturated rings. The first-order chi connectivity index (χ1) is 13.1. The second-order valence-electron chi connectivity index (χ2n) is 7.71. The number of phenolic OH excluding ortho intramolecular Hbond substituents is 1. The fourth-order valence-electron chi connectivity index (χ4n) is 4.57. The van der Waals surface area contributed by atoms with Crippen LogP contribution in [0, 0.1) is 0 Å². The van der Waals surface area contributed by atoms with Gasteiger partial charge in [-0.3, -0.25) is 9.59 Å². The van der Waals surface area contributed by atoms with Crippen molar-refractivity contribution in [3.8, 4) is 5.75 Å². The molecule has 0 saturated carbocycles. The van der Waals surface area contributed by atoms with E-state index in [1.54, 1.807) is 18.2 Å². The molecule has 1 atom stereocenters. The minimum Gasteiger partial charge on any atom is -0.508 e. The van der Waals surface area contributed by atoms with E-state index in [2.05, 4.69) is 5.32 Å². The Morgan fingerprint density at radius 2 is 1.93 bits per heavy atom. The molecule has 1 unspecified atom stereocenters. The topological polar surface area (TPSA) is 69.6 Å². The van der Waals surface area contributed by atoms with Crippen molar-refractivity contribution in [2.75, 3.05) is 13.1 Å². The molecular formula is C22H26N2O3. The van der Waals surface area contributed by atoms with Crippen LogP contribution in [-0.4, -0.2) is 34.8 Å². The highest BCUT2D eigenvalue weighted by atomic mass is 16.3. The summed E-state index contributed by atoms with van der Waals surface area (Å²) in [4.78, 5) is 28.2. The van der Waals surface area contributed by atoms with E-state index in [1.807, 2.05) is 17.9 Å². The highest BCUT2D eigenvalue weighted by Crippen LogP contribution is 2.43. The summed E-state index contributed by atoms with van der Waals surface area (Å²) in [6.07, 6.45) is 5.37. The Morgan fingerprint density at radius 1 is 1.15 bits per heavy atom. The summed E-state index contributed by atoms with van der Waals surface area (Å²) in [7, 11) is 0. The molecule has 27 heavy (non-hydrogen) atoms. The second kappa shape index (κ2) is 7.22. The molecular weight excluding hydrogens is 340 g/mol. The average molecular weight is 366 g/mol. The van der Waals surface area contributed by atoms with Crippen LogP contribution < -0.4 is 5.32 Å². The van der Waals surface area contributed by atoms with Crippen molar-refractivity contribution in [3.63, 3.8) is 0 Å². The summed E-state index contributed by atoms with van der Waals surface area (Å²) in [5.74, 6) is -0.138. The van der Waals surface area contributed by atoms with Crippen LogP contribution in [0.5, 0.6) is 5.75 Å². The van der Waals surface area contributed by atoms with Crippen molar-refractivity contribution < 1.29 is 14.7 Å². The Hall–Kier alpha value is -2.56. The maximum atomic E-state index is 13.4. The zero-order chi connectivity index (χ0) is 19.0. The summed E-state index contributed by atoms with van der Waals surface area (Å²) in [6.45, 7) is 3.46. The molecule has 5 nitrogen and oxygen atoms in total. The lowest BCUT2D eigenvalue weighted by atomic mass is 9.74. The third kappa shape index (κ3) is 3.27. The first kappa shape index (κ1) is 17.8. The first-order valence-corrected chi connectivity index (χ1v) is 9.88. The van der Waals surface area contributed by atoms with Crippen LogP contribution in [0.25, 0.3) is 0 Å². The van der Waals surface area contributed by atoms with Crippen molar-refractivity contribution in [2.45, 2.75) is 51.4 Å². The zero-order valence-corrected chi connectivity index (χ0v) is 15.8. The molecule has 1 amide bonds. The van der Waals surface area contributed by atoms with Crippen LogP contribution in [-0.2, 0) is 9.59 Å². The number of carbonyl (C=O) groups excluding carboxylic acids is 2. The van der Waals surface area contributed by atoms with E-state index >= 15 is 0 Å². The lowest BCUT2D eigenvalue weighted by Crippen LogP contribution is -2.42. The number of rotatable bonds is 2. The number of phenols is 1. The number of Topliss-reactive ketones (excluding diaryl/α,β-unsaturated/α-hetero) is 1. The lowest BCUT2D eigenvalue weighted by Gasteiger charge is -2.37. The van der Waals surface area contributed by atoms with Gasteiger partial charge in [0, 0.05) is 48.0 Å². The number of benzene rings is 1. The Bertz CT molecular complexity index is 847. The molecule has 2 N–H and O–H groups in total. The maximum absolute atomic E-state index is 13.4. The standard InChI is InChI=1S/C22H26N2O3/c1-14-19(22(27)24-11-3-2-4-12-24)20(15-7-5-8-16(25)13-15)21-17(23-14)9-6-10-18(21)26/h5,7-8,13,20,23,25H,2-4,6,9-12H2,1H3. The maximum Gasteiger partial charge on any atom is 0.252 e. The molecule has 142 valence electrons. The number of carbonyl (C=O) groups is 2. The third-order valence-electron chi connectivity index (χ3n) is 5.85. The number of hydrogen-bond donors (Lipinski definition) is 2. The number of likely N-dealkylation sites (tertiary alicyclic amines) is 1. The van der Waals surface area contributed by atoms with Crippen molar-refractivity contribution in [1.82, 2.24) is 10.2 Å². The first-order valence-electron chi connectivity index (χ1n) is 9.88. The number of ketones is 1. The largest absolute Gasteiger partial charge is 0.508 e. The minimum atomic E-state index is -0.407. The van der Waals surface area contributed by atoms with E-state index in [0.29, 0.717) is 17.6 Å². The number of dihydropyridines is 1. The van der Waals surface area contributed by atoms with Gasteiger partial charge >= 0.3 is 0 Å². The molecule has 1 saturated heterocycles. The van der Waals surface area contributed by atoms with E-state index < -0.39 is 5.92 Å².